The Labute approximate surface area is 106 Å². The van der Waals surface area contributed by atoms with Gasteiger partial charge in [0.1, 0.15) is 5.75 Å². The summed E-state index contributed by atoms with van der Waals surface area (Å²) >= 11 is 5.96. The van der Waals surface area contributed by atoms with Crippen molar-refractivity contribution in [3.8, 4) is 5.75 Å². The molecule has 1 N–H and O–H groups in total. The van der Waals surface area contributed by atoms with Gasteiger partial charge >= 0.3 is 0 Å². The van der Waals surface area contributed by atoms with Crippen molar-refractivity contribution in [1.29, 1.82) is 0 Å². The zero-order valence-electron chi connectivity index (χ0n) is 9.83. The zero-order valence-corrected chi connectivity index (χ0v) is 10.6. The predicted molar refractivity (Wildman–Crippen MR) is 67.9 cm³/mol. The summed E-state index contributed by atoms with van der Waals surface area (Å²) in [5.41, 5.74) is 1.78. The summed E-state index contributed by atoms with van der Waals surface area (Å²) in [7, 11) is 0. The minimum absolute atomic E-state index is 0.00305. The van der Waals surface area contributed by atoms with Crippen molar-refractivity contribution in [3.05, 3.63) is 29.3 Å². The molecule has 0 aliphatic carbocycles. The van der Waals surface area contributed by atoms with Gasteiger partial charge in [-0.25, -0.2) is 0 Å². The van der Waals surface area contributed by atoms with Crippen LogP contribution in [0.15, 0.2) is 18.2 Å². The second kappa shape index (κ2) is 5.41. The Morgan fingerprint density at radius 1 is 1.59 bits per heavy atom. The van der Waals surface area contributed by atoms with E-state index in [0.29, 0.717) is 18.7 Å². The lowest BCUT2D eigenvalue weighted by atomic mass is 10.1. The molecule has 17 heavy (non-hydrogen) atoms. The number of benzene rings is 1. The number of carbonyl (C=O) groups is 1. The molecule has 3 nitrogen and oxygen atoms in total. The van der Waals surface area contributed by atoms with E-state index in [2.05, 4.69) is 5.32 Å². The highest BCUT2D eigenvalue weighted by molar-refractivity contribution is 6.20. The molecule has 0 radical (unpaired) electrons. The summed E-state index contributed by atoms with van der Waals surface area (Å²) in [6.07, 6.45) is 1.73. The van der Waals surface area contributed by atoms with E-state index < -0.39 is 0 Å². The molecule has 1 aromatic carbocycles. The van der Waals surface area contributed by atoms with Gasteiger partial charge in [0.25, 0.3) is 5.91 Å². The Balaban J connectivity index is 2.00. The van der Waals surface area contributed by atoms with E-state index >= 15 is 0 Å². The van der Waals surface area contributed by atoms with Crippen LogP contribution in [0.1, 0.15) is 29.3 Å². The number of amides is 1. The first-order valence-corrected chi connectivity index (χ1v) is 6.32. The Kier molecular flexibility index (Phi) is 3.89. The number of hydrogen-bond acceptors (Lipinski definition) is 2. The summed E-state index contributed by atoms with van der Waals surface area (Å²) in [5.74, 6) is 0.823. The molecule has 0 saturated carbocycles. The van der Waals surface area contributed by atoms with Gasteiger partial charge in [0.15, 0.2) is 0 Å². The minimum atomic E-state index is -0.0706. The van der Waals surface area contributed by atoms with Crippen molar-refractivity contribution in [1.82, 2.24) is 5.32 Å². The van der Waals surface area contributed by atoms with Crippen LogP contribution in [0.5, 0.6) is 5.75 Å². The maximum Gasteiger partial charge on any atom is 0.251 e. The van der Waals surface area contributed by atoms with Gasteiger partial charge < -0.3 is 10.1 Å². The normalized spacial score (nSPS) is 14.9. The molecule has 1 unspecified atom stereocenters. The number of rotatable bonds is 4. The van der Waals surface area contributed by atoms with E-state index in [-0.39, 0.29) is 11.3 Å². The molecule has 0 bridgehead atoms. The van der Waals surface area contributed by atoms with Crippen LogP contribution in [-0.4, -0.2) is 24.4 Å². The van der Waals surface area contributed by atoms with E-state index in [1.165, 1.54) is 0 Å². The van der Waals surface area contributed by atoms with Gasteiger partial charge in [0, 0.05) is 18.5 Å². The van der Waals surface area contributed by atoms with Crippen LogP contribution >= 0.6 is 11.6 Å². The van der Waals surface area contributed by atoms with E-state index in [9.17, 15) is 4.79 Å². The number of hydrogen-bond donors (Lipinski definition) is 1. The molecule has 4 heteroatoms. The van der Waals surface area contributed by atoms with Gasteiger partial charge in [0.2, 0.25) is 0 Å². The van der Waals surface area contributed by atoms with Crippen molar-refractivity contribution < 1.29 is 9.53 Å². The fourth-order valence-electron chi connectivity index (χ4n) is 1.78. The third-order valence-corrected chi connectivity index (χ3v) is 3.34. The van der Waals surface area contributed by atoms with Crippen LogP contribution in [-0.2, 0) is 6.42 Å². The molecule has 0 fully saturated rings. The summed E-state index contributed by atoms with van der Waals surface area (Å²) in [5, 5.41) is 2.83. The zero-order chi connectivity index (χ0) is 12.3. The van der Waals surface area contributed by atoms with Crippen molar-refractivity contribution in [3.63, 3.8) is 0 Å². The molecule has 1 heterocycles. The molecule has 1 aliphatic rings. The van der Waals surface area contributed by atoms with Gasteiger partial charge in [-0.2, -0.15) is 0 Å². The Bertz CT molecular complexity index is 420. The molecule has 1 aromatic rings. The topological polar surface area (TPSA) is 38.3 Å². The highest BCUT2D eigenvalue weighted by Gasteiger charge is 2.15. The standard InChI is InChI=1S/C13H16ClNO2/c1-2-11(14)8-15-13(16)10-3-4-12-9(7-10)5-6-17-12/h3-4,7,11H,2,5-6,8H2,1H3,(H,15,16). The number of fused-ring (bicyclic) bond motifs is 1. The Morgan fingerprint density at radius 3 is 3.18 bits per heavy atom. The first-order valence-electron chi connectivity index (χ1n) is 5.88. The van der Waals surface area contributed by atoms with Crippen molar-refractivity contribution in [2.45, 2.75) is 25.1 Å². The molecular weight excluding hydrogens is 238 g/mol. The predicted octanol–water partition coefficient (Wildman–Crippen LogP) is 2.37. The highest BCUT2D eigenvalue weighted by atomic mass is 35.5. The lowest BCUT2D eigenvalue weighted by Crippen LogP contribution is -2.29. The van der Waals surface area contributed by atoms with Gasteiger partial charge in [-0.05, 0) is 30.2 Å². The van der Waals surface area contributed by atoms with Gasteiger partial charge in [-0.3, -0.25) is 4.79 Å². The quantitative estimate of drug-likeness (QED) is 0.837. The third kappa shape index (κ3) is 2.91. The maximum atomic E-state index is 11.9. The van der Waals surface area contributed by atoms with Gasteiger partial charge in [-0.15, -0.1) is 11.6 Å². The van der Waals surface area contributed by atoms with Gasteiger partial charge in [-0.1, -0.05) is 6.92 Å². The molecule has 0 aromatic heterocycles. The van der Waals surface area contributed by atoms with Crippen LogP contribution < -0.4 is 10.1 Å². The number of nitrogens with one attached hydrogen (secondary N) is 1. The molecule has 2 rings (SSSR count). The van der Waals surface area contributed by atoms with Crippen molar-refractivity contribution in [2.24, 2.45) is 0 Å². The van der Waals surface area contributed by atoms with Gasteiger partial charge in [0.05, 0.1) is 12.0 Å². The van der Waals surface area contributed by atoms with Crippen molar-refractivity contribution >= 4 is 17.5 Å². The number of alkyl halides is 1. The lowest BCUT2D eigenvalue weighted by Gasteiger charge is -2.09. The number of ether oxygens (including phenoxy) is 1. The fraction of sp³-hybridized carbons (Fsp3) is 0.462. The highest BCUT2D eigenvalue weighted by Crippen LogP contribution is 2.25. The largest absolute Gasteiger partial charge is 0.493 e. The first kappa shape index (κ1) is 12.2. The smallest absolute Gasteiger partial charge is 0.251 e. The lowest BCUT2D eigenvalue weighted by molar-refractivity contribution is 0.0953. The molecule has 0 saturated heterocycles. The first-order chi connectivity index (χ1) is 8.20. The monoisotopic (exact) mass is 253 g/mol. The average molecular weight is 254 g/mol. The molecule has 0 spiro atoms. The number of carbonyl (C=O) groups excluding carboxylic acids is 1. The van der Waals surface area contributed by atoms with Crippen LogP contribution in [0.25, 0.3) is 0 Å². The van der Waals surface area contributed by atoms with E-state index in [1.54, 1.807) is 6.07 Å². The van der Waals surface area contributed by atoms with Crippen LogP contribution in [0.2, 0.25) is 0 Å². The Morgan fingerprint density at radius 2 is 2.41 bits per heavy atom. The summed E-state index contributed by atoms with van der Waals surface area (Å²) in [6.45, 7) is 3.21. The summed E-state index contributed by atoms with van der Waals surface area (Å²) in [6, 6.07) is 5.54. The third-order valence-electron chi connectivity index (χ3n) is 2.88. The molecular formula is C13H16ClNO2. The second-order valence-electron chi connectivity index (χ2n) is 4.14. The van der Waals surface area contributed by atoms with E-state index in [0.717, 1.165) is 24.2 Å². The number of halogens is 1. The van der Waals surface area contributed by atoms with Crippen LogP contribution in [0.4, 0.5) is 0 Å². The van der Waals surface area contributed by atoms with E-state index in [1.807, 2.05) is 19.1 Å². The average Bonchev–Trinajstić information content (AvgIpc) is 2.82. The molecule has 1 aliphatic heterocycles. The fourth-order valence-corrected chi connectivity index (χ4v) is 1.85. The molecule has 1 amide bonds. The SMILES string of the molecule is CCC(Cl)CNC(=O)c1ccc2c(c1)CCO2. The van der Waals surface area contributed by atoms with E-state index in [4.69, 9.17) is 16.3 Å². The second-order valence-corrected chi connectivity index (χ2v) is 4.75. The van der Waals surface area contributed by atoms with Crippen molar-refractivity contribution in [2.75, 3.05) is 13.2 Å². The maximum absolute atomic E-state index is 11.9. The minimum Gasteiger partial charge on any atom is -0.493 e. The van der Waals surface area contributed by atoms with Crippen LogP contribution in [0.3, 0.4) is 0 Å². The molecule has 92 valence electrons. The summed E-state index contributed by atoms with van der Waals surface area (Å²) in [4.78, 5) is 11.9. The van der Waals surface area contributed by atoms with Crippen LogP contribution in [0, 0.1) is 0 Å². The Hall–Kier alpha value is -1.22. The molecule has 1 atom stereocenters. The summed E-state index contributed by atoms with van der Waals surface area (Å²) < 4.78 is 5.40.